The Kier molecular flexibility index (Phi) is 5.52. The molecule has 1 aliphatic heterocycles. The Morgan fingerprint density at radius 1 is 1.23 bits per heavy atom. The summed E-state index contributed by atoms with van der Waals surface area (Å²) in [5.74, 6) is 0.394. The Morgan fingerprint density at radius 2 is 2.00 bits per heavy atom. The first-order chi connectivity index (χ1) is 15.0. The highest BCUT2D eigenvalue weighted by molar-refractivity contribution is 5.92. The number of ether oxygens (including phenoxy) is 1. The highest BCUT2D eigenvalue weighted by atomic mass is 16.6. The van der Waals surface area contributed by atoms with Crippen LogP contribution in [-0.4, -0.2) is 40.6 Å². The average Bonchev–Trinajstić information content (AvgIpc) is 3.30. The molecule has 0 unspecified atom stereocenters. The van der Waals surface area contributed by atoms with Crippen molar-refractivity contribution in [2.45, 2.75) is 19.4 Å². The third kappa shape index (κ3) is 4.18. The first-order valence-electron chi connectivity index (χ1n) is 9.84. The fraction of sp³-hybridized carbons (Fsp3) is 0.286. The predicted molar refractivity (Wildman–Crippen MR) is 116 cm³/mol. The molecule has 0 aliphatic carbocycles. The number of aromatic nitrogens is 2. The maximum absolute atomic E-state index is 13.2. The van der Waals surface area contributed by atoms with Crippen molar-refractivity contribution in [2.75, 3.05) is 30.4 Å². The molecule has 3 aromatic rings. The molecule has 2 aromatic carbocycles. The first-order valence-corrected chi connectivity index (χ1v) is 9.84. The number of non-ortho nitro benzene ring substituents is 1. The number of nitro benzene ring substituents is 1. The maximum atomic E-state index is 13.2. The molecule has 1 fully saturated rings. The number of nitrogens with zero attached hydrogens (tertiary/aromatic N) is 4. The standard InChI is InChI=1S/C21H21N5O5/c1-31-16-6-4-5-14(11-16)22-19(27)13-25-18-12-15(26(29)30)7-8-17(18)23-20(21(25)28)24-9-2-3-10-24/h4-8,11-12H,2-3,9-10,13H2,1H3,(H,22,27). The van der Waals surface area contributed by atoms with Crippen LogP contribution in [-0.2, 0) is 11.3 Å². The van der Waals surface area contributed by atoms with E-state index < -0.39 is 16.4 Å². The monoisotopic (exact) mass is 423 g/mol. The van der Waals surface area contributed by atoms with Gasteiger partial charge in [-0.3, -0.25) is 24.3 Å². The lowest BCUT2D eigenvalue weighted by atomic mass is 10.2. The Balaban J connectivity index is 1.75. The molecule has 10 heteroatoms. The lowest BCUT2D eigenvalue weighted by Gasteiger charge is -2.19. The van der Waals surface area contributed by atoms with Crippen LogP contribution in [0.1, 0.15) is 12.8 Å². The van der Waals surface area contributed by atoms with E-state index in [4.69, 9.17) is 4.74 Å². The molecule has 31 heavy (non-hydrogen) atoms. The van der Waals surface area contributed by atoms with Crippen molar-refractivity contribution < 1.29 is 14.5 Å². The highest BCUT2D eigenvalue weighted by Crippen LogP contribution is 2.23. The maximum Gasteiger partial charge on any atom is 0.294 e. The van der Waals surface area contributed by atoms with E-state index in [0.717, 1.165) is 12.8 Å². The van der Waals surface area contributed by atoms with Crippen LogP contribution in [0.25, 0.3) is 11.0 Å². The molecule has 1 aromatic heterocycles. The van der Waals surface area contributed by atoms with Crippen molar-refractivity contribution in [2.24, 2.45) is 0 Å². The molecule has 10 nitrogen and oxygen atoms in total. The summed E-state index contributed by atoms with van der Waals surface area (Å²) in [6.45, 7) is 1.10. The molecule has 1 aliphatic rings. The number of benzene rings is 2. The molecule has 1 N–H and O–H groups in total. The predicted octanol–water partition coefficient (Wildman–Crippen LogP) is 2.55. The molecule has 0 bridgehead atoms. The molecule has 2 heterocycles. The summed E-state index contributed by atoms with van der Waals surface area (Å²) in [7, 11) is 1.52. The lowest BCUT2D eigenvalue weighted by molar-refractivity contribution is -0.384. The van der Waals surface area contributed by atoms with E-state index in [2.05, 4.69) is 10.3 Å². The molecule has 0 spiro atoms. The molecule has 4 rings (SSSR count). The second-order valence-corrected chi connectivity index (χ2v) is 7.23. The zero-order valence-corrected chi connectivity index (χ0v) is 16.9. The second-order valence-electron chi connectivity index (χ2n) is 7.23. The van der Waals surface area contributed by atoms with E-state index in [-0.39, 0.29) is 23.6 Å². The number of anilines is 2. The van der Waals surface area contributed by atoms with Gasteiger partial charge in [-0.25, -0.2) is 4.98 Å². The molecule has 0 saturated carbocycles. The summed E-state index contributed by atoms with van der Waals surface area (Å²) in [6, 6.07) is 11.0. The average molecular weight is 423 g/mol. The highest BCUT2D eigenvalue weighted by Gasteiger charge is 2.22. The molecular formula is C21H21N5O5. The van der Waals surface area contributed by atoms with Gasteiger partial charge < -0.3 is 15.0 Å². The van der Waals surface area contributed by atoms with Gasteiger partial charge in [0.25, 0.3) is 11.2 Å². The van der Waals surface area contributed by atoms with Crippen LogP contribution < -0.4 is 20.5 Å². The van der Waals surface area contributed by atoms with Crippen molar-refractivity contribution in [1.82, 2.24) is 9.55 Å². The number of rotatable bonds is 6. The Labute approximate surface area is 177 Å². The minimum Gasteiger partial charge on any atom is -0.497 e. The van der Waals surface area contributed by atoms with Gasteiger partial charge in [0.15, 0.2) is 5.82 Å². The van der Waals surface area contributed by atoms with Crippen LogP contribution in [0.15, 0.2) is 47.3 Å². The van der Waals surface area contributed by atoms with Crippen LogP contribution >= 0.6 is 0 Å². The smallest absolute Gasteiger partial charge is 0.294 e. The van der Waals surface area contributed by atoms with E-state index in [1.807, 2.05) is 4.90 Å². The second kappa shape index (κ2) is 8.42. The quantitative estimate of drug-likeness (QED) is 0.478. The van der Waals surface area contributed by atoms with E-state index >= 15 is 0 Å². The Bertz CT molecular complexity index is 1220. The third-order valence-electron chi connectivity index (χ3n) is 5.18. The number of amides is 1. The van der Waals surface area contributed by atoms with Gasteiger partial charge in [-0.05, 0) is 31.0 Å². The number of fused-ring (bicyclic) bond motifs is 1. The van der Waals surface area contributed by atoms with Gasteiger partial charge in [-0.1, -0.05) is 6.07 Å². The fourth-order valence-corrected chi connectivity index (χ4v) is 3.66. The zero-order chi connectivity index (χ0) is 22.0. The minimum atomic E-state index is -0.543. The van der Waals surface area contributed by atoms with Crippen LogP contribution in [0.5, 0.6) is 5.75 Å². The molecule has 0 atom stereocenters. The largest absolute Gasteiger partial charge is 0.497 e. The minimum absolute atomic E-state index is 0.176. The summed E-state index contributed by atoms with van der Waals surface area (Å²) < 4.78 is 6.40. The summed E-state index contributed by atoms with van der Waals surface area (Å²) in [4.78, 5) is 43.0. The first kappa shape index (κ1) is 20.3. The number of hydrogen-bond acceptors (Lipinski definition) is 7. The molecule has 0 radical (unpaired) electrons. The SMILES string of the molecule is COc1cccc(NC(=O)Cn2c(=O)c(N3CCCC3)nc3ccc([N+](=O)[O-])cc32)c1. The number of carbonyl (C=O) groups excluding carboxylic acids is 1. The lowest BCUT2D eigenvalue weighted by Crippen LogP contribution is -2.34. The number of carbonyl (C=O) groups is 1. The number of nitrogens with one attached hydrogen (secondary N) is 1. The van der Waals surface area contributed by atoms with E-state index in [0.29, 0.717) is 30.0 Å². The van der Waals surface area contributed by atoms with Crippen molar-refractivity contribution in [3.05, 3.63) is 62.9 Å². The Hall–Kier alpha value is -3.95. The number of nitro groups is 1. The van der Waals surface area contributed by atoms with Crippen molar-refractivity contribution >= 4 is 34.1 Å². The van der Waals surface area contributed by atoms with E-state index in [9.17, 15) is 19.7 Å². The number of hydrogen-bond donors (Lipinski definition) is 1. The van der Waals surface area contributed by atoms with Gasteiger partial charge in [-0.2, -0.15) is 0 Å². The van der Waals surface area contributed by atoms with Crippen LogP contribution in [0.2, 0.25) is 0 Å². The zero-order valence-electron chi connectivity index (χ0n) is 16.9. The third-order valence-corrected chi connectivity index (χ3v) is 5.18. The van der Waals surface area contributed by atoms with Crippen molar-refractivity contribution in [3.8, 4) is 5.75 Å². The molecular weight excluding hydrogens is 402 g/mol. The van der Waals surface area contributed by atoms with Gasteiger partial charge in [0.2, 0.25) is 5.91 Å². The summed E-state index contributed by atoms with van der Waals surface area (Å²) in [5, 5.41) is 14.0. The van der Waals surface area contributed by atoms with Gasteiger partial charge in [-0.15, -0.1) is 0 Å². The Morgan fingerprint density at radius 3 is 2.71 bits per heavy atom. The van der Waals surface area contributed by atoms with Gasteiger partial charge >= 0.3 is 0 Å². The van der Waals surface area contributed by atoms with Crippen LogP contribution in [0, 0.1) is 10.1 Å². The van der Waals surface area contributed by atoms with Gasteiger partial charge in [0.1, 0.15) is 12.3 Å². The van der Waals surface area contributed by atoms with E-state index in [1.54, 1.807) is 24.3 Å². The van der Waals surface area contributed by atoms with Gasteiger partial charge in [0, 0.05) is 37.0 Å². The van der Waals surface area contributed by atoms with Crippen LogP contribution in [0.4, 0.5) is 17.2 Å². The van der Waals surface area contributed by atoms with Gasteiger partial charge in [0.05, 0.1) is 23.1 Å². The number of methoxy groups -OCH3 is 1. The summed E-state index contributed by atoms with van der Waals surface area (Å²) in [6.07, 6.45) is 1.91. The fourth-order valence-electron chi connectivity index (χ4n) is 3.66. The normalized spacial score (nSPS) is 13.4. The molecule has 1 saturated heterocycles. The van der Waals surface area contributed by atoms with Crippen LogP contribution in [0.3, 0.4) is 0 Å². The summed E-state index contributed by atoms with van der Waals surface area (Å²) >= 11 is 0. The summed E-state index contributed by atoms with van der Waals surface area (Å²) in [5.41, 5.74) is 0.547. The van der Waals surface area contributed by atoms with E-state index in [1.165, 1.54) is 29.9 Å². The topological polar surface area (TPSA) is 120 Å². The molecule has 1 amide bonds. The molecule has 160 valence electrons. The van der Waals surface area contributed by atoms with Crippen molar-refractivity contribution in [1.29, 1.82) is 0 Å². The van der Waals surface area contributed by atoms with Crippen molar-refractivity contribution in [3.63, 3.8) is 0 Å².